The summed E-state index contributed by atoms with van der Waals surface area (Å²) in [6, 6.07) is 4.20. The molecule has 1 heterocycles. The Bertz CT molecular complexity index is 717. The monoisotopic (exact) mass is 313 g/mol. The minimum Gasteiger partial charge on any atom is -0.348 e. The molecule has 0 fully saturated rings. The maximum atomic E-state index is 12.7. The van der Waals surface area contributed by atoms with Crippen molar-refractivity contribution in [1.82, 2.24) is 15.1 Å². The number of nitrogens with one attached hydrogen (secondary N) is 1. The van der Waals surface area contributed by atoms with Crippen molar-refractivity contribution in [3.63, 3.8) is 0 Å². The van der Waals surface area contributed by atoms with Crippen LogP contribution in [0.25, 0.3) is 0 Å². The summed E-state index contributed by atoms with van der Waals surface area (Å²) in [5.41, 5.74) is 7.36. The predicted molar refractivity (Wildman–Crippen MR) is 94.0 cm³/mol. The van der Waals surface area contributed by atoms with Crippen molar-refractivity contribution in [2.24, 2.45) is 0 Å². The lowest BCUT2D eigenvalue weighted by atomic mass is 9.93. The lowest BCUT2D eigenvalue weighted by Crippen LogP contribution is -2.37. The van der Waals surface area contributed by atoms with Gasteiger partial charge in [0.1, 0.15) is 0 Å². The molecular weight excluding hydrogens is 286 g/mol. The van der Waals surface area contributed by atoms with Crippen molar-refractivity contribution >= 4 is 5.91 Å². The second kappa shape index (κ2) is 6.57. The van der Waals surface area contributed by atoms with Crippen molar-refractivity contribution in [3.8, 4) is 0 Å². The molecule has 0 saturated heterocycles. The molecule has 2 aromatic rings. The number of aryl methyl sites for hydroxylation is 4. The van der Waals surface area contributed by atoms with Crippen LogP contribution < -0.4 is 5.32 Å². The molecule has 1 aromatic carbocycles. The van der Waals surface area contributed by atoms with Gasteiger partial charge < -0.3 is 5.32 Å². The first-order chi connectivity index (χ1) is 10.7. The van der Waals surface area contributed by atoms with Gasteiger partial charge in [-0.2, -0.15) is 5.10 Å². The van der Waals surface area contributed by atoms with Crippen LogP contribution in [0.5, 0.6) is 0 Å². The summed E-state index contributed by atoms with van der Waals surface area (Å²) in [7, 11) is 0. The van der Waals surface area contributed by atoms with Crippen molar-refractivity contribution in [3.05, 3.63) is 51.3 Å². The molecule has 124 valence electrons. The summed E-state index contributed by atoms with van der Waals surface area (Å²) in [6.07, 6.45) is 0. The highest BCUT2D eigenvalue weighted by Gasteiger charge is 2.18. The molecular formula is C19H27N3O. The maximum absolute atomic E-state index is 12.7. The fourth-order valence-corrected chi connectivity index (χ4v) is 3.02. The quantitative estimate of drug-likeness (QED) is 0.938. The largest absolute Gasteiger partial charge is 0.348 e. The molecule has 1 amide bonds. The molecule has 4 nitrogen and oxygen atoms in total. The second-order valence-corrected chi connectivity index (χ2v) is 6.62. The third kappa shape index (κ3) is 3.63. The van der Waals surface area contributed by atoms with Gasteiger partial charge in [-0.25, -0.2) is 0 Å². The van der Waals surface area contributed by atoms with Crippen LogP contribution in [0.4, 0.5) is 0 Å². The van der Waals surface area contributed by atoms with E-state index in [9.17, 15) is 4.79 Å². The lowest BCUT2D eigenvalue weighted by molar-refractivity contribution is 0.0934. The molecule has 0 spiro atoms. The van der Waals surface area contributed by atoms with E-state index in [1.165, 1.54) is 0 Å². The van der Waals surface area contributed by atoms with Gasteiger partial charge in [0.25, 0.3) is 5.91 Å². The SMILES string of the molecule is Cc1cc(C)n(CC(C)NC(=O)c2c(C)c(C)cc(C)c2C)n1. The molecule has 4 heteroatoms. The van der Waals surface area contributed by atoms with Gasteiger partial charge in [-0.3, -0.25) is 9.48 Å². The summed E-state index contributed by atoms with van der Waals surface area (Å²) >= 11 is 0. The van der Waals surface area contributed by atoms with Crippen LogP contribution in [-0.4, -0.2) is 21.7 Å². The maximum Gasteiger partial charge on any atom is 0.252 e. The lowest BCUT2D eigenvalue weighted by Gasteiger charge is -2.19. The van der Waals surface area contributed by atoms with Crippen LogP contribution in [0.2, 0.25) is 0 Å². The first-order valence-corrected chi connectivity index (χ1v) is 8.10. The van der Waals surface area contributed by atoms with Crippen molar-refractivity contribution in [1.29, 1.82) is 0 Å². The Hall–Kier alpha value is -2.10. The third-order valence-corrected chi connectivity index (χ3v) is 4.52. The minimum absolute atomic E-state index is 0.000770. The Balaban J connectivity index is 2.18. The van der Waals surface area contributed by atoms with Crippen LogP contribution in [0, 0.1) is 41.5 Å². The number of benzene rings is 1. The highest BCUT2D eigenvalue weighted by atomic mass is 16.1. The third-order valence-electron chi connectivity index (χ3n) is 4.52. The topological polar surface area (TPSA) is 46.9 Å². The van der Waals surface area contributed by atoms with Crippen LogP contribution >= 0.6 is 0 Å². The van der Waals surface area contributed by atoms with E-state index in [1.807, 2.05) is 45.4 Å². The molecule has 2 rings (SSSR count). The van der Waals surface area contributed by atoms with E-state index in [1.54, 1.807) is 0 Å². The van der Waals surface area contributed by atoms with E-state index < -0.39 is 0 Å². The predicted octanol–water partition coefficient (Wildman–Crippen LogP) is 3.55. The van der Waals surface area contributed by atoms with Gasteiger partial charge in [-0.1, -0.05) is 6.07 Å². The molecule has 1 atom stereocenters. The second-order valence-electron chi connectivity index (χ2n) is 6.62. The molecule has 0 aliphatic rings. The zero-order chi connectivity index (χ0) is 17.3. The molecule has 0 radical (unpaired) electrons. The standard InChI is InChI=1S/C19H27N3O/c1-11-8-12(2)17(7)18(16(11)6)19(23)20-14(4)10-22-15(5)9-13(3)21-22/h8-9,14H,10H2,1-7H3,(H,20,23). The van der Waals surface area contributed by atoms with Gasteiger partial charge in [-0.15, -0.1) is 0 Å². The normalized spacial score (nSPS) is 12.3. The Morgan fingerprint density at radius 2 is 1.65 bits per heavy atom. The van der Waals surface area contributed by atoms with Crippen molar-refractivity contribution in [2.45, 2.75) is 61.1 Å². The first kappa shape index (κ1) is 17.3. The molecule has 1 aromatic heterocycles. The van der Waals surface area contributed by atoms with Gasteiger partial charge in [0.15, 0.2) is 0 Å². The summed E-state index contributed by atoms with van der Waals surface area (Å²) in [5.74, 6) is 0.000770. The number of hydrogen-bond donors (Lipinski definition) is 1. The Labute approximate surface area is 138 Å². The highest BCUT2D eigenvalue weighted by molar-refractivity contribution is 5.97. The Kier molecular flexibility index (Phi) is 4.93. The zero-order valence-electron chi connectivity index (χ0n) is 15.2. The number of carbonyl (C=O) groups is 1. The Morgan fingerprint density at radius 3 is 2.13 bits per heavy atom. The van der Waals surface area contributed by atoms with Crippen LogP contribution in [-0.2, 0) is 6.54 Å². The van der Waals surface area contributed by atoms with Gasteiger partial charge in [-0.05, 0) is 76.8 Å². The average molecular weight is 313 g/mol. The van der Waals surface area contributed by atoms with E-state index in [0.717, 1.165) is 39.2 Å². The first-order valence-electron chi connectivity index (χ1n) is 8.10. The molecule has 1 N–H and O–H groups in total. The zero-order valence-corrected chi connectivity index (χ0v) is 15.2. The van der Waals surface area contributed by atoms with Crippen LogP contribution in [0.1, 0.15) is 50.9 Å². The smallest absolute Gasteiger partial charge is 0.252 e. The van der Waals surface area contributed by atoms with Gasteiger partial charge in [0.05, 0.1) is 12.2 Å². The Morgan fingerprint density at radius 1 is 1.09 bits per heavy atom. The van der Waals surface area contributed by atoms with E-state index in [4.69, 9.17) is 0 Å². The fourth-order valence-electron chi connectivity index (χ4n) is 3.02. The highest BCUT2D eigenvalue weighted by Crippen LogP contribution is 2.21. The van der Waals surface area contributed by atoms with Gasteiger partial charge in [0.2, 0.25) is 0 Å². The molecule has 23 heavy (non-hydrogen) atoms. The summed E-state index contributed by atoms with van der Waals surface area (Å²) in [6.45, 7) is 14.8. The molecule has 0 aliphatic carbocycles. The summed E-state index contributed by atoms with van der Waals surface area (Å²) < 4.78 is 1.95. The van der Waals surface area contributed by atoms with Crippen LogP contribution in [0.15, 0.2) is 12.1 Å². The number of carbonyl (C=O) groups excluding carboxylic acids is 1. The molecule has 1 unspecified atom stereocenters. The summed E-state index contributed by atoms with van der Waals surface area (Å²) in [4.78, 5) is 12.7. The summed E-state index contributed by atoms with van der Waals surface area (Å²) in [5, 5.41) is 7.58. The minimum atomic E-state index is 0.000770. The fraction of sp³-hybridized carbons (Fsp3) is 0.474. The number of hydrogen-bond acceptors (Lipinski definition) is 2. The van der Waals surface area contributed by atoms with Gasteiger partial charge >= 0.3 is 0 Å². The van der Waals surface area contributed by atoms with Crippen molar-refractivity contribution in [2.75, 3.05) is 0 Å². The van der Waals surface area contributed by atoms with E-state index in [0.29, 0.717) is 6.54 Å². The van der Waals surface area contributed by atoms with Crippen molar-refractivity contribution < 1.29 is 4.79 Å². The van der Waals surface area contributed by atoms with E-state index in [2.05, 4.69) is 30.3 Å². The molecule has 0 aliphatic heterocycles. The number of rotatable bonds is 4. The molecule has 0 bridgehead atoms. The van der Waals surface area contributed by atoms with Gasteiger partial charge in [0, 0.05) is 17.3 Å². The number of amides is 1. The average Bonchev–Trinajstić information content (AvgIpc) is 2.74. The number of nitrogens with zero attached hydrogens (tertiary/aromatic N) is 2. The molecule has 0 saturated carbocycles. The number of aromatic nitrogens is 2. The van der Waals surface area contributed by atoms with E-state index in [-0.39, 0.29) is 11.9 Å². The van der Waals surface area contributed by atoms with E-state index >= 15 is 0 Å². The van der Waals surface area contributed by atoms with Crippen LogP contribution in [0.3, 0.4) is 0 Å².